The number of fused-ring (bicyclic) bond motifs is 3. The number of furan rings is 1. The number of hydrogen-bond donors (Lipinski definition) is 0. The number of nitrogens with zero attached hydrogens (tertiary/aromatic N) is 5. The van der Waals surface area contributed by atoms with E-state index in [2.05, 4.69) is 137 Å². The highest BCUT2D eigenvalue weighted by Crippen LogP contribution is 2.44. The molecule has 0 amide bonds. The van der Waals surface area contributed by atoms with Crippen molar-refractivity contribution in [1.82, 2.24) is 15.0 Å². The molecule has 0 N–H and O–H groups in total. The first-order valence-electron chi connectivity index (χ1n) is 18.9. The Kier molecular flexibility index (Phi) is 8.74. The van der Waals surface area contributed by atoms with Crippen LogP contribution in [0, 0.1) is 0 Å². The highest BCUT2D eigenvalue weighted by molar-refractivity contribution is 6.11. The molecule has 0 spiro atoms. The van der Waals surface area contributed by atoms with Gasteiger partial charge in [-0.3, -0.25) is 0 Å². The van der Waals surface area contributed by atoms with Crippen LogP contribution in [-0.2, 0) is 0 Å². The molecule has 0 fully saturated rings. The molecule has 10 aromatic rings. The zero-order chi connectivity index (χ0) is 38.0. The van der Waals surface area contributed by atoms with Crippen LogP contribution in [0.4, 0.5) is 34.1 Å². The second-order valence-corrected chi connectivity index (χ2v) is 13.7. The van der Waals surface area contributed by atoms with E-state index in [9.17, 15) is 0 Å². The monoisotopic (exact) mass is 733 g/mol. The fourth-order valence-electron chi connectivity index (χ4n) is 7.39. The van der Waals surface area contributed by atoms with E-state index in [0.29, 0.717) is 17.5 Å². The highest BCUT2D eigenvalue weighted by Gasteiger charge is 2.21. The maximum atomic E-state index is 6.86. The molecule has 270 valence electrons. The lowest BCUT2D eigenvalue weighted by atomic mass is 10.1. The summed E-state index contributed by atoms with van der Waals surface area (Å²) in [5.41, 5.74) is 10.4. The smallest absolute Gasteiger partial charge is 0.164 e. The third-order valence-corrected chi connectivity index (χ3v) is 10.1. The molecule has 0 aliphatic rings. The zero-order valence-corrected chi connectivity index (χ0v) is 30.9. The molecule has 0 atom stereocenters. The van der Waals surface area contributed by atoms with Crippen molar-refractivity contribution in [3.05, 3.63) is 212 Å². The van der Waals surface area contributed by atoms with Crippen LogP contribution in [0.15, 0.2) is 217 Å². The lowest BCUT2D eigenvalue weighted by molar-refractivity contribution is 0.669. The maximum absolute atomic E-state index is 6.86. The van der Waals surface area contributed by atoms with Gasteiger partial charge in [0.05, 0.1) is 5.69 Å². The largest absolute Gasteiger partial charge is 0.454 e. The summed E-state index contributed by atoms with van der Waals surface area (Å²) in [6.07, 6.45) is 0. The average Bonchev–Trinajstić information content (AvgIpc) is 3.67. The first-order chi connectivity index (χ1) is 28.3. The number of hydrogen-bond acceptors (Lipinski definition) is 6. The van der Waals surface area contributed by atoms with E-state index in [4.69, 9.17) is 19.4 Å². The van der Waals surface area contributed by atoms with E-state index in [1.165, 1.54) is 0 Å². The molecule has 0 saturated carbocycles. The lowest BCUT2D eigenvalue weighted by Crippen LogP contribution is -2.12. The van der Waals surface area contributed by atoms with Crippen LogP contribution in [0.1, 0.15) is 0 Å². The van der Waals surface area contributed by atoms with Gasteiger partial charge in [-0.1, -0.05) is 133 Å². The summed E-state index contributed by atoms with van der Waals surface area (Å²) in [4.78, 5) is 19.3. The fraction of sp³-hybridized carbons (Fsp3) is 0. The molecule has 0 aliphatic carbocycles. The quantitative estimate of drug-likeness (QED) is 0.147. The van der Waals surface area contributed by atoms with Gasteiger partial charge in [-0.2, -0.15) is 0 Å². The Morgan fingerprint density at radius 3 is 1.25 bits per heavy atom. The van der Waals surface area contributed by atoms with Gasteiger partial charge in [-0.15, -0.1) is 0 Å². The van der Waals surface area contributed by atoms with Gasteiger partial charge < -0.3 is 14.2 Å². The summed E-state index contributed by atoms with van der Waals surface area (Å²) in [5, 5.41) is 2.04. The first-order valence-corrected chi connectivity index (χ1v) is 18.9. The molecule has 0 bridgehead atoms. The number of benzene rings is 8. The minimum Gasteiger partial charge on any atom is -0.454 e. The molecule has 0 radical (unpaired) electrons. The van der Waals surface area contributed by atoms with Gasteiger partial charge in [0.25, 0.3) is 0 Å². The SMILES string of the molecule is c1ccc(-c2nc(-c3ccccc3)nc(-c3ccc4c(c3)oc3c(N(c5ccccc5)c5ccc(N(c6ccccc6)c6ccccc6)cc5)cccc34)n2)cc1. The standard InChI is InChI=1S/C51H35N5O/c1-6-17-36(18-7-1)49-52-50(37-19-8-2-9-20-37)54-51(53-49)38-29-34-44-45-27-16-28-46(48(45)57-47(44)35-38)56(41-25-14-5-15-26-41)43-32-30-42(31-33-43)55(39-21-10-3-11-22-39)40-23-12-4-13-24-40/h1-35H. The molecular weight excluding hydrogens is 699 g/mol. The van der Waals surface area contributed by atoms with Crippen molar-refractivity contribution >= 4 is 56.1 Å². The minimum absolute atomic E-state index is 0.580. The Morgan fingerprint density at radius 1 is 0.316 bits per heavy atom. The Labute approximate surface area is 330 Å². The molecule has 2 heterocycles. The summed E-state index contributed by atoms with van der Waals surface area (Å²) in [6.45, 7) is 0. The summed E-state index contributed by atoms with van der Waals surface area (Å²) >= 11 is 0. The van der Waals surface area contributed by atoms with Crippen molar-refractivity contribution in [2.45, 2.75) is 0 Å². The van der Waals surface area contributed by atoms with Crippen molar-refractivity contribution in [3.63, 3.8) is 0 Å². The van der Waals surface area contributed by atoms with Crippen molar-refractivity contribution in [1.29, 1.82) is 0 Å². The van der Waals surface area contributed by atoms with Gasteiger partial charge in [0.1, 0.15) is 5.58 Å². The molecule has 6 heteroatoms. The predicted octanol–water partition coefficient (Wildman–Crippen LogP) is 13.7. The third-order valence-electron chi connectivity index (χ3n) is 10.1. The molecule has 0 aliphatic heterocycles. The average molecular weight is 734 g/mol. The Morgan fingerprint density at radius 2 is 0.737 bits per heavy atom. The van der Waals surface area contributed by atoms with Crippen molar-refractivity contribution < 1.29 is 4.42 Å². The van der Waals surface area contributed by atoms with E-state index in [1.807, 2.05) is 84.9 Å². The Balaban J connectivity index is 1.08. The maximum Gasteiger partial charge on any atom is 0.164 e. The van der Waals surface area contributed by atoms with Crippen molar-refractivity contribution in [2.75, 3.05) is 9.80 Å². The van der Waals surface area contributed by atoms with Gasteiger partial charge in [-0.05, 0) is 78.9 Å². The molecule has 57 heavy (non-hydrogen) atoms. The van der Waals surface area contributed by atoms with Crippen molar-refractivity contribution in [3.8, 4) is 34.2 Å². The topological polar surface area (TPSA) is 58.3 Å². The van der Waals surface area contributed by atoms with Crippen LogP contribution in [0.2, 0.25) is 0 Å². The van der Waals surface area contributed by atoms with Gasteiger partial charge in [-0.25, -0.2) is 15.0 Å². The molecular formula is C51H35N5O. The van der Waals surface area contributed by atoms with E-state index >= 15 is 0 Å². The van der Waals surface area contributed by atoms with Crippen LogP contribution in [-0.4, -0.2) is 15.0 Å². The fourth-order valence-corrected chi connectivity index (χ4v) is 7.39. The number of aromatic nitrogens is 3. The first kappa shape index (κ1) is 33.7. The van der Waals surface area contributed by atoms with Crippen LogP contribution in [0.5, 0.6) is 0 Å². The zero-order valence-electron chi connectivity index (χ0n) is 30.9. The van der Waals surface area contributed by atoms with Crippen molar-refractivity contribution in [2.24, 2.45) is 0 Å². The second-order valence-electron chi connectivity index (χ2n) is 13.7. The minimum atomic E-state index is 0.580. The summed E-state index contributed by atoms with van der Waals surface area (Å²) in [5.74, 6) is 1.81. The highest BCUT2D eigenvalue weighted by atomic mass is 16.3. The van der Waals surface area contributed by atoms with Gasteiger partial charge in [0.15, 0.2) is 23.1 Å². The van der Waals surface area contributed by atoms with E-state index in [1.54, 1.807) is 0 Å². The van der Waals surface area contributed by atoms with E-state index in [-0.39, 0.29) is 0 Å². The normalized spacial score (nSPS) is 11.2. The molecule has 6 nitrogen and oxygen atoms in total. The molecule has 0 saturated heterocycles. The van der Waals surface area contributed by atoms with Crippen LogP contribution < -0.4 is 9.80 Å². The molecule has 2 aromatic heterocycles. The summed E-state index contributed by atoms with van der Waals surface area (Å²) < 4.78 is 6.86. The lowest BCUT2D eigenvalue weighted by Gasteiger charge is -2.28. The Hall–Kier alpha value is -7.83. The molecule has 0 unspecified atom stereocenters. The van der Waals surface area contributed by atoms with Gasteiger partial charge in [0.2, 0.25) is 0 Å². The molecule has 8 aromatic carbocycles. The predicted molar refractivity (Wildman–Crippen MR) is 233 cm³/mol. The van der Waals surface area contributed by atoms with Gasteiger partial charge in [0, 0.05) is 55.9 Å². The summed E-state index contributed by atoms with van der Waals surface area (Å²) in [6, 6.07) is 72.7. The Bertz CT molecular complexity index is 2840. The second kappa shape index (κ2) is 14.8. The van der Waals surface area contributed by atoms with Crippen LogP contribution in [0.25, 0.3) is 56.1 Å². The number of rotatable bonds is 9. The van der Waals surface area contributed by atoms with E-state index in [0.717, 1.165) is 72.8 Å². The van der Waals surface area contributed by atoms with E-state index < -0.39 is 0 Å². The summed E-state index contributed by atoms with van der Waals surface area (Å²) in [7, 11) is 0. The van der Waals surface area contributed by atoms with Crippen LogP contribution in [0.3, 0.4) is 0 Å². The third kappa shape index (κ3) is 6.55. The van der Waals surface area contributed by atoms with Crippen LogP contribution >= 0.6 is 0 Å². The molecule has 10 rings (SSSR count). The number of anilines is 6. The van der Waals surface area contributed by atoms with Gasteiger partial charge >= 0.3 is 0 Å². The number of para-hydroxylation sites is 4.